The van der Waals surface area contributed by atoms with E-state index >= 15 is 0 Å². The predicted octanol–water partition coefficient (Wildman–Crippen LogP) is 2.96. The van der Waals surface area contributed by atoms with Crippen molar-refractivity contribution >= 4 is 22.8 Å². The Morgan fingerprint density at radius 2 is 2.12 bits per heavy atom. The molecule has 2 aromatic heterocycles. The van der Waals surface area contributed by atoms with Crippen molar-refractivity contribution < 1.29 is 0 Å². The number of piperidine rings is 1. The van der Waals surface area contributed by atoms with Crippen LogP contribution in [0.15, 0.2) is 42.6 Å². The summed E-state index contributed by atoms with van der Waals surface area (Å²) in [6, 6.07) is 12.1. The van der Waals surface area contributed by atoms with Crippen molar-refractivity contribution in [2.75, 3.05) is 18.0 Å². The third kappa shape index (κ3) is 3.06. The van der Waals surface area contributed by atoms with E-state index in [0.29, 0.717) is 12.4 Å². The molecule has 1 atom stereocenters. The first-order valence-electron chi connectivity index (χ1n) is 8.53. The molecular weight excluding hydrogens is 312 g/mol. The van der Waals surface area contributed by atoms with Gasteiger partial charge < -0.3 is 20.0 Å². The van der Waals surface area contributed by atoms with E-state index in [0.717, 1.165) is 48.5 Å². The van der Waals surface area contributed by atoms with Gasteiger partial charge in [-0.1, -0.05) is 24.8 Å². The van der Waals surface area contributed by atoms with Crippen LogP contribution in [0, 0.1) is 6.57 Å². The number of rotatable bonds is 3. The molecule has 0 spiro atoms. The summed E-state index contributed by atoms with van der Waals surface area (Å²) in [5, 5.41) is 0. The van der Waals surface area contributed by atoms with Gasteiger partial charge in [-0.3, -0.25) is 0 Å². The average Bonchev–Trinajstić information content (AvgIpc) is 3.01. The highest BCUT2D eigenvalue weighted by Gasteiger charge is 2.22. The highest BCUT2D eigenvalue weighted by Crippen LogP contribution is 2.26. The van der Waals surface area contributed by atoms with Crippen LogP contribution in [-0.4, -0.2) is 33.7 Å². The Bertz CT molecular complexity index is 921. The third-order valence-electron chi connectivity index (χ3n) is 4.64. The van der Waals surface area contributed by atoms with Crippen LogP contribution in [0.4, 0.5) is 11.8 Å². The summed E-state index contributed by atoms with van der Waals surface area (Å²) in [6.07, 6.45) is 3.93. The van der Waals surface area contributed by atoms with Gasteiger partial charge in [-0.15, -0.1) is 4.98 Å². The fraction of sp³-hybridized carbons (Fsp3) is 0.316. The lowest BCUT2D eigenvalue weighted by molar-refractivity contribution is 0.495. The lowest BCUT2D eigenvalue weighted by Crippen LogP contribution is -2.44. The Balaban J connectivity index is 1.74. The van der Waals surface area contributed by atoms with Gasteiger partial charge in [0.2, 0.25) is 5.95 Å². The molecule has 2 N–H and O–H groups in total. The van der Waals surface area contributed by atoms with E-state index in [1.165, 1.54) is 0 Å². The van der Waals surface area contributed by atoms with Crippen molar-refractivity contribution in [1.29, 1.82) is 0 Å². The standard InChI is InChI=1S/C19H20N6/c1-21-18-9-8-14(11-22-18)12-25-17-7-3-2-6-16(17)23-19(25)24-10-4-5-15(20)13-24/h2-3,6-9,11,15H,4-5,10,12-13,20H2/t15-/m0/s1. The van der Waals surface area contributed by atoms with Crippen molar-refractivity contribution in [2.24, 2.45) is 5.73 Å². The number of nitrogens with zero attached hydrogens (tertiary/aromatic N) is 5. The number of hydrogen-bond acceptors (Lipinski definition) is 4. The number of pyridine rings is 1. The van der Waals surface area contributed by atoms with Gasteiger partial charge in [0.15, 0.2) is 0 Å². The number of nitrogens with two attached hydrogens (primary N) is 1. The number of benzene rings is 1. The van der Waals surface area contributed by atoms with Crippen molar-refractivity contribution in [3.8, 4) is 0 Å². The van der Waals surface area contributed by atoms with Gasteiger partial charge in [-0.2, -0.15) is 0 Å². The van der Waals surface area contributed by atoms with Crippen molar-refractivity contribution in [3.05, 3.63) is 59.6 Å². The van der Waals surface area contributed by atoms with Gasteiger partial charge in [0, 0.05) is 24.7 Å². The van der Waals surface area contributed by atoms with Gasteiger partial charge in [0.25, 0.3) is 5.82 Å². The van der Waals surface area contributed by atoms with Crippen LogP contribution in [0.3, 0.4) is 0 Å². The van der Waals surface area contributed by atoms with Crippen LogP contribution < -0.4 is 10.6 Å². The molecule has 0 saturated carbocycles. The molecule has 1 aromatic carbocycles. The third-order valence-corrected chi connectivity index (χ3v) is 4.64. The second kappa shape index (κ2) is 6.54. The lowest BCUT2D eigenvalue weighted by atomic mass is 10.1. The summed E-state index contributed by atoms with van der Waals surface area (Å²) in [7, 11) is 0. The molecule has 25 heavy (non-hydrogen) atoms. The van der Waals surface area contributed by atoms with E-state index < -0.39 is 0 Å². The summed E-state index contributed by atoms with van der Waals surface area (Å²) in [5.41, 5.74) is 9.32. The SMILES string of the molecule is [C-]#[N+]c1ccc(Cn2c(N3CCC[C@H](N)C3)nc3ccccc32)cn1. The molecule has 3 heterocycles. The van der Waals surface area contributed by atoms with Gasteiger partial charge in [-0.25, -0.2) is 4.98 Å². The van der Waals surface area contributed by atoms with E-state index in [-0.39, 0.29) is 6.04 Å². The van der Waals surface area contributed by atoms with Gasteiger partial charge in [0.05, 0.1) is 17.6 Å². The summed E-state index contributed by atoms with van der Waals surface area (Å²) in [6.45, 7) is 9.52. The zero-order valence-corrected chi connectivity index (χ0v) is 14.0. The average molecular weight is 332 g/mol. The topological polar surface area (TPSA) is 64.3 Å². The minimum Gasteiger partial charge on any atom is -0.361 e. The van der Waals surface area contributed by atoms with Crippen molar-refractivity contribution in [2.45, 2.75) is 25.4 Å². The molecule has 4 rings (SSSR count). The van der Waals surface area contributed by atoms with Crippen LogP contribution in [0.25, 0.3) is 15.9 Å². The maximum atomic E-state index is 7.03. The second-order valence-electron chi connectivity index (χ2n) is 6.47. The van der Waals surface area contributed by atoms with Gasteiger partial charge in [0.1, 0.15) is 6.20 Å². The first-order valence-corrected chi connectivity index (χ1v) is 8.53. The van der Waals surface area contributed by atoms with Crippen LogP contribution in [0.1, 0.15) is 18.4 Å². The zero-order valence-electron chi connectivity index (χ0n) is 14.0. The number of aromatic nitrogens is 3. The number of fused-ring (bicyclic) bond motifs is 1. The molecule has 0 bridgehead atoms. The van der Waals surface area contributed by atoms with E-state index in [1.807, 2.05) is 24.3 Å². The van der Waals surface area contributed by atoms with Gasteiger partial charge >= 0.3 is 0 Å². The molecule has 1 aliphatic rings. The smallest absolute Gasteiger partial charge is 0.269 e. The van der Waals surface area contributed by atoms with Crippen molar-refractivity contribution in [1.82, 2.24) is 14.5 Å². The van der Waals surface area contributed by atoms with E-state index in [9.17, 15) is 0 Å². The number of anilines is 1. The summed E-state index contributed by atoms with van der Waals surface area (Å²) in [5.74, 6) is 1.38. The molecule has 3 aromatic rings. The molecule has 6 heteroatoms. The Morgan fingerprint density at radius 3 is 2.88 bits per heavy atom. The molecule has 0 amide bonds. The predicted molar refractivity (Wildman–Crippen MR) is 98.8 cm³/mol. The molecule has 6 nitrogen and oxygen atoms in total. The van der Waals surface area contributed by atoms with Crippen LogP contribution in [-0.2, 0) is 6.54 Å². The number of hydrogen-bond donors (Lipinski definition) is 1. The van der Waals surface area contributed by atoms with Crippen LogP contribution in [0.2, 0.25) is 0 Å². The minimum atomic E-state index is 0.196. The quantitative estimate of drug-likeness (QED) is 0.749. The first kappa shape index (κ1) is 15.6. The molecular formula is C19H20N6. The van der Waals surface area contributed by atoms with E-state index in [2.05, 4.69) is 25.4 Å². The monoisotopic (exact) mass is 332 g/mol. The Labute approximate surface area is 146 Å². The minimum absolute atomic E-state index is 0.196. The Kier molecular flexibility index (Phi) is 4.08. The summed E-state index contributed by atoms with van der Waals surface area (Å²) in [4.78, 5) is 14.7. The van der Waals surface area contributed by atoms with Gasteiger partial charge in [-0.05, 0) is 31.0 Å². The molecule has 1 saturated heterocycles. The second-order valence-corrected chi connectivity index (χ2v) is 6.47. The fourth-order valence-electron chi connectivity index (χ4n) is 3.41. The Hall–Kier alpha value is -2.91. The molecule has 126 valence electrons. The highest BCUT2D eigenvalue weighted by atomic mass is 15.3. The normalized spacial score (nSPS) is 17.6. The van der Waals surface area contributed by atoms with Crippen molar-refractivity contribution in [3.63, 3.8) is 0 Å². The van der Waals surface area contributed by atoms with E-state index in [1.54, 1.807) is 12.3 Å². The number of para-hydroxylation sites is 2. The van der Waals surface area contributed by atoms with Crippen LogP contribution in [0.5, 0.6) is 0 Å². The number of imidazole rings is 1. The van der Waals surface area contributed by atoms with E-state index in [4.69, 9.17) is 17.3 Å². The zero-order chi connectivity index (χ0) is 17.2. The molecule has 0 aliphatic carbocycles. The highest BCUT2D eigenvalue weighted by molar-refractivity contribution is 5.79. The largest absolute Gasteiger partial charge is 0.361 e. The molecule has 1 fully saturated rings. The van der Waals surface area contributed by atoms with Crippen LogP contribution >= 0.6 is 0 Å². The molecule has 0 unspecified atom stereocenters. The maximum Gasteiger partial charge on any atom is 0.269 e. The first-order chi connectivity index (χ1) is 12.2. The summed E-state index contributed by atoms with van der Waals surface area (Å²) >= 11 is 0. The summed E-state index contributed by atoms with van der Waals surface area (Å²) < 4.78 is 2.22. The Morgan fingerprint density at radius 1 is 1.24 bits per heavy atom. The molecule has 1 aliphatic heterocycles. The fourth-order valence-corrected chi connectivity index (χ4v) is 3.41. The maximum absolute atomic E-state index is 7.03. The lowest BCUT2D eigenvalue weighted by Gasteiger charge is -2.32. The molecule has 0 radical (unpaired) electrons.